The third-order valence-electron chi connectivity index (χ3n) is 5.06. The zero-order valence-corrected chi connectivity index (χ0v) is 11.9. The van der Waals surface area contributed by atoms with Gasteiger partial charge in [0, 0.05) is 19.3 Å². The van der Waals surface area contributed by atoms with Crippen molar-refractivity contribution in [3.05, 3.63) is 23.8 Å². The highest BCUT2D eigenvalue weighted by molar-refractivity contribution is 5.95. The second-order valence-corrected chi connectivity index (χ2v) is 6.40. The maximum absolute atomic E-state index is 11.4. The van der Waals surface area contributed by atoms with Gasteiger partial charge < -0.3 is 15.7 Å². The summed E-state index contributed by atoms with van der Waals surface area (Å²) in [5.41, 5.74) is 7.27. The van der Waals surface area contributed by atoms with Crippen LogP contribution in [0.3, 0.4) is 0 Å². The second kappa shape index (κ2) is 5.00. The molecule has 1 aromatic rings. The van der Waals surface area contributed by atoms with Crippen molar-refractivity contribution in [2.45, 2.75) is 25.7 Å². The topological polar surface area (TPSA) is 66.6 Å². The van der Waals surface area contributed by atoms with E-state index < -0.39 is 5.97 Å². The third kappa shape index (κ3) is 2.35. The van der Waals surface area contributed by atoms with Crippen LogP contribution in [0.15, 0.2) is 18.2 Å². The minimum atomic E-state index is -0.910. The number of hydrogen-bond donors (Lipinski definition) is 2. The SMILES string of the molecule is CN(CC1CC2CCC1C2)c1ccc(N)cc1C(=O)O. The molecule has 2 saturated carbocycles. The zero-order valence-electron chi connectivity index (χ0n) is 11.9. The molecule has 1 aromatic carbocycles. The molecule has 3 unspecified atom stereocenters. The summed E-state index contributed by atoms with van der Waals surface area (Å²) in [5.74, 6) is 1.58. The molecule has 3 N–H and O–H groups in total. The van der Waals surface area contributed by atoms with Gasteiger partial charge in [-0.2, -0.15) is 0 Å². The van der Waals surface area contributed by atoms with Crippen LogP contribution in [0.1, 0.15) is 36.0 Å². The van der Waals surface area contributed by atoms with Crippen LogP contribution in [-0.4, -0.2) is 24.7 Å². The molecular weight excluding hydrogens is 252 g/mol. The van der Waals surface area contributed by atoms with E-state index in [0.717, 1.165) is 30.0 Å². The van der Waals surface area contributed by atoms with Crippen LogP contribution in [0.4, 0.5) is 11.4 Å². The Kier molecular flexibility index (Phi) is 3.32. The fourth-order valence-corrected chi connectivity index (χ4v) is 4.11. The van der Waals surface area contributed by atoms with Crippen LogP contribution >= 0.6 is 0 Å². The van der Waals surface area contributed by atoms with E-state index >= 15 is 0 Å². The summed E-state index contributed by atoms with van der Waals surface area (Å²) in [6.45, 7) is 0.950. The van der Waals surface area contributed by atoms with Gasteiger partial charge in [-0.1, -0.05) is 6.42 Å². The summed E-state index contributed by atoms with van der Waals surface area (Å²) in [4.78, 5) is 13.5. The molecule has 108 valence electrons. The van der Waals surface area contributed by atoms with Crippen molar-refractivity contribution in [3.63, 3.8) is 0 Å². The van der Waals surface area contributed by atoms with E-state index in [1.165, 1.54) is 25.7 Å². The Balaban J connectivity index is 1.77. The summed E-state index contributed by atoms with van der Waals surface area (Å²) in [7, 11) is 1.99. The highest BCUT2D eigenvalue weighted by Crippen LogP contribution is 2.48. The number of nitrogens with zero attached hydrogens (tertiary/aromatic N) is 1. The van der Waals surface area contributed by atoms with Crippen molar-refractivity contribution in [1.82, 2.24) is 0 Å². The summed E-state index contributed by atoms with van der Waals surface area (Å²) in [6.07, 6.45) is 5.45. The third-order valence-corrected chi connectivity index (χ3v) is 5.06. The lowest BCUT2D eigenvalue weighted by atomic mass is 9.88. The van der Waals surface area contributed by atoms with Gasteiger partial charge in [0.05, 0.1) is 11.3 Å². The number of benzene rings is 1. The highest BCUT2D eigenvalue weighted by atomic mass is 16.4. The first-order valence-electron chi connectivity index (χ1n) is 7.38. The number of nitrogen functional groups attached to an aromatic ring is 1. The van der Waals surface area contributed by atoms with Gasteiger partial charge in [-0.25, -0.2) is 4.79 Å². The van der Waals surface area contributed by atoms with E-state index in [1.807, 2.05) is 13.1 Å². The molecule has 0 spiro atoms. The van der Waals surface area contributed by atoms with Gasteiger partial charge in [0.2, 0.25) is 0 Å². The molecule has 3 rings (SSSR count). The largest absolute Gasteiger partial charge is 0.478 e. The highest BCUT2D eigenvalue weighted by Gasteiger charge is 2.39. The van der Waals surface area contributed by atoms with Crippen LogP contribution in [0, 0.1) is 17.8 Å². The van der Waals surface area contributed by atoms with Gasteiger partial charge in [-0.05, 0) is 55.2 Å². The first kappa shape index (κ1) is 13.3. The molecule has 4 nitrogen and oxygen atoms in total. The lowest BCUT2D eigenvalue weighted by Gasteiger charge is -2.29. The Bertz CT molecular complexity index is 529. The Morgan fingerprint density at radius 1 is 1.40 bits per heavy atom. The molecule has 3 atom stereocenters. The Morgan fingerprint density at radius 3 is 2.80 bits per heavy atom. The number of carboxylic acids is 1. The van der Waals surface area contributed by atoms with E-state index in [4.69, 9.17) is 5.73 Å². The minimum absolute atomic E-state index is 0.302. The molecule has 2 aliphatic rings. The van der Waals surface area contributed by atoms with Gasteiger partial charge in [0.1, 0.15) is 0 Å². The van der Waals surface area contributed by atoms with E-state index in [9.17, 15) is 9.90 Å². The Hall–Kier alpha value is -1.71. The van der Waals surface area contributed by atoms with Gasteiger partial charge in [0.15, 0.2) is 0 Å². The molecule has 4 heteroatoms. The number of anilines is 2. The maximum atomic E-state index is 11.4. The fourth-order valence-electron chi connectivity index (χ4n) is 4.11. The van der Waals surface area contributed by atoms with Crippen molar-refractivity contribution >= 4 is 17.3 Å². The van der Waals surface area contributed by atoms with E-state index in [0.29, 0.717) is 11.3 Å². The molecule has 2 aliphatic carbocycles. The van der Waals surface area contributed by atoms with Crippen molar-refractivity contribution < 1.29 is 9.90 Å². The van der Waals surface area contributed by atoms with E-state index in [1.54, 1.807) is 12.1 Å². The van der Waals surface area contributed by atoms with Crippen LogP contribution in [0.25, 0.3) is 0 Å². The van der Waals surface area contributed by atoms with E-state index in [-0.39, 0.29) is 0 Å². The molecule has 20 heavy (non-hydrogen) atoms. The standard InChI is InChI=1S/C16H22N2O2/c1-18(9-12-7-10-2-3-11(12)6-10)15-5-4-13(17)8-14(15)16(19)20/h4-5,8,10-12H,2-3,6-7,9,17H2,1H3,(H,19,20). The normalized spacial score (nSPS) is 27.8. The number of carbonyl (C=O) groups is 1. The number of nitrogens with two attached hydrogens (primary N) is 1. The van der Waals surface area contributed by atoms with Gasteiger partial charge in [0.25, 0.3) is 0 Å². The first-order chi connectivity index (χ1) is 9.54. The zero-order chi connectivity index (χ0) is 14.3. The monoisotopic (exact) mass is 274 g/mol. The van der Waals surface area contributed by atoms with Crippen molar-refractivity contribution in [1.29, 1.82) is 0 Å². The number of carboxylic acid groups (broad SMARTS) is 1. The molecule has 0 heterocycles. The molecule has 2 fully saturated rings. The second-order valence-electron chi connectivity index (χ2n) is 6.40. The van der Waals surface area contributed by atoms with Gasteiger partial charge in [-0.3, -0.25) is 0 Å². The summed E-state index contributed by atoms with van der Waals surface area (Å²) in [6, 6.07) is 5.15. The van der Waals surface area contributed by atoms with Crippen molar-refractivity contribution in [2.75, 3.05) is 24.2 Å². The Morgan fingerprint density at radius 2 is 2.20 bits per heavy atom. The van der Waals surface area contributed by atoms with Crippen LogP contribution in [0.5, 0.6) is 0 Å². The van der Waals surface area contributed by atoms with E-state index in [2.05, 4.69) is 4.90 Å². The average molecular weight is 274 g/mol. The molecule has 2 bridgehead atoms. The molecular formula is C16H22N2O2. The van der Waals surface area contributed by atoms with Crippen molar-refractivity contribution in [2.24, 2.45) is 17.8 Å². The molecule has 0 saturated heterocycles. The fraction of sp³-hybridized carbons (Fsp3) is 0.562. The lowest BCUT2D eigenvalue weighted by molar-refractivity contribution is 0.0697. The van der Waals surface area contributed by atoms with Gasteiger partial charge in [-0.15, -0.1) is 0 Å². The summed E-state index contributed by atoms with van der Waals surface area (Å²) in [5, 5.41) is 9.32. The van der Waals surface area contributed by atoms with Crippen LogP contribution in [0.2, 0.25) is 0 Å². The molecule has 0 aliphatic heterocycles. The lowest BCUT2D eigenvalue weighted by Crippen LogP contribution is -2.29. The summed E-state index contributed by atoms with van der Waals surface area (Å²) < 4.78 is 0. The molecule has 0 aromatic heterocycles. The summed E-state index contributed by atoms with van der Waals surface area (Å²) >= 11 is 0. The van der Waals surface area contributed by atoms with Crippen LogP contribution < -0.4 is 10.6 Å². The number of hydrogen-bond acceptors (Lipinski definition) is 3. The maximum Gasteiger partial charge on any atom is 0.337 e. The Labute approximate surface area is 119 Å². The minimum Gasteiger partial charge on any atom is -0.478 e. The average Bonchev–Trinajstić information content (AvgIpc) is 3.00. The van der Waals surface area contributed by atoms with Gasteiger partial charge >= 0.3 is 5.97 Å². The first-order valence-corrected chi connectivity index (χ1v) is 7.38. The van der Waals surface area contributed by atoms with Crippen molar-refractivity contribution in [3.8, 4) is 0 Å². The number of fused-ring (bicyclic) bond motifs is 2. The quantitative estimate of drug-likeness (QED) is 0.829. The predicted octanol–water partition coefficient (Wildman–Crippen LogP) is 2.84. The smallest absolute Gasteiger partial charge is 0.337 e. The number of rotatable bonds is 4. The van der Waals surface area contributed by atoms with Crippen LogP contribution in [-0.2, 0) is 0 Å². The molecule has 0 amide bonds. The molecule has 0 radical (unpaired) electrons. The number of aromatic carboxylic acids is 1. The predicted molar refractivity (Wildman–Crippen MR) is 80.0 cm³/mol.